The number of hydrogen-bond donors (Lipinski definition) is 0. The Balaban J connectivity index is 4.41. The minimum absolute atomic E-state index is 0.0905. The average Bonchev–Trinajstić information content (AvgIpc) is 3.33. The Morgan fingerprint density at radius 2 is 0.597 bits per heavy atom. The van der Waals surface area contributed by atoms with Gasteiger partial charge in [0.1, 0.15) is 13.2 Å². The van der Waals surface area contributed by atoms with E-state index in [9.17, 15) is 14.4 Å². The number of unbranched alkanes of at least 4 members (excludes halogenated alkanes) is 22. The number of carbonyl (C=O) groups excluding carboxylic acids is 3. The molecular formula is C61H102O6. The van der Waals surface area contributed by atoms with E-state index >= 15 is 0 Å². The van der Waals surface area contributed by atoms with Crippen molar-refractivity contribution in [3.63, 3.8) is 0 Å². The molecule has 0 saturated carbocycles. The molecule has 0 aliphatic rings. The SMILES string of the molecule is CC/C=C\C/C=C\C/C=C\C/C=C\C/C=C\C/C=C\CCCCCCC(=O)OCC(COC(=O)CCCCCCCCCCCCCC)OC(=O)CCCCCCC/C=C\C/C=C\CCCC. The molecule has 0 spiro atoms. The van der Waals surface area contributed by atoms with Gasteiger partial charge in [-0.1, -0.05) is 234 Å². The summed E-state index contributed by atoms with van der Waals surface area (Å²) in [5.41, 5.74) is 0. The van der Waals surface area contributed by atoms with E-state index in [0.717, 1.165) is 135 Å². The summed E-state index contributed by atoms with van der Waals surface area (Å²) in [6.45, 7) is 6.45. The van der Waals surface area contributed by atoms with Crippen molar-refractivity contribution >= 4 is 17.9 Å². The topological polar surface area (TPSA) is 78.9 Å². The number of allylic oxidation sites excluding steroid dienone is 16. The predicted octanol–water partition coefficient (Wildman–Crippen LogP) is 18.5. The Hall–Kier alpha value is -3.67. The summed E-state index contributed by atoms with van der Waals surface area (Å²) < 4.78 is 16.8. The standard InChI is InChI=1S/C61H102O6/c1-4-7-10-13-16-19-22-25-27-28-29-30-31-32-33-34-35-37-39-42-45-48-51-54-60(63)66-57-58(56-65-59(62)53-50-47-44-41-38-24-21-18-15-12-9-6-3)67-61(64)55-52-49-46-43-40-36-26-23-20-17-14-11-8-5-2/h7,10,14,16-17,19,23,25-27,29-30,32-33,35,37,58H,4-6,8-9,11-13,15,18,20-22,24,28,31,34,36,38-57H2,1-3H3/b10-7-,17-14-,19-16-,26-23-,27-25-,30-29-,33-32-,37-35-. The second kappa shape index (κ2) is 54.9. The third-order valence-corrected chi connectivity index (χ3v) is 11.6. The Kier molecular flexibility index (Phi) is 51.9. The van der Waals surface area contributed by atoms with Crippen LogP contribution in [-0.4, -0.2) is 37.2 Å². The van der Waals surface area contributed by atoms with Crippen molar-refractivity contribution < 1.29 is 28.6 Å². The molecule has 0 aliphatic heterocycles. The molecule has 6 nitrogen and oxygen atoms in total. The Bertz CT molecular complexity index is 1350. The quantitative estimate of drug-likeness (QED) is 0.0262. The first-order valence-electron chi connectivity index (χ1n) is 27.7. The molecule has 1 unspecified atom stereocenters. The van der Waals surface area contributed by atoms with Crippen LogP contribution in [0.1, 0.15) is 252 Å². The van der Waals surface area contributed by atoms with Crippen LogP contribution in [0.5, 0.6) is 0 Å². The van der Waals surface area contributed by atoms with Crippen molar-refractivity contribution in [1.82, 2.24) is 0 Å². The normalized spacial score (nSPS) is 12.8. The number of carbonyl (C=O) groups is 3. The number of rotatable bonds is 49. The average molecular weight is 931 g/mol. The van der Waals surface area contributed by atoms with E-state index in [-0.39, 0.29) is 31.1 Å². The van der Waals surface area contributed by atoms with Crippen molar-refractivity contribution in [3.8, 4) is 0 Å². The van der Waals surface area contributed by atoms with Crippen LogP contribution >= 0.6 is 0 Å². The molecule has 0 amide bonds. The van der Waals surface area contributed by atoms with E-state index in [1.165, 1.54) is 77.0 Å². The molecule has 0 aromatic heterocycles. The van der Waals surface area contributed by atoms with Gasteiger partial charge in [-0.2, -0.15) is 0 Å². The lowest BCUT2D eigenvalue weighted by molar-refractivity contribution is -0.167. The predicted molar refractivity (Wildman–Crippen MR) is 288 cm³/mol. The van der Waals surface area contributed by atoms with Crippen molar-refractivity contribution in [2.75, 3.05) is 13.2 Å². The van der Waals surface area contributed by atoms with Crippen LogP contribution < -0.4 is 0 Å². The first-order chi connectivity index (χ1) is 33.0. The smallest absolute Gasteiger partial charge is 0.306 e. The highest BCUT2D eigenvalue weighted by molar-refractivity contribution is 5.71. The number of ether oxygens (including phenoxy) is 3. The number of hydrogen-bond acceptors (Lipinski definition) is 6. The second-order valence-electron chi connectivity index (χ2n) is 18.1. The van der Waals surface area contributed by atoms with Crippen LogP contribution in [0.25, 0.3) is 0 Å². The zero-order chi connectivity index (χ0) is 48.6. The highest BCUT2D eigenvalue weighted by Crippen LogP contribution is 2.14. The van der Waals surface area contributed by atoms with Gasteiger partial charge in [0.15, 0.2) is 6.10 Å². The lowest BCUT2D eigenvalue weighted by Gasteiger charge is -2.18. The van der Waals surface area contributed by atoms with Crippen molar-refractivity contribution in [3.05, 3.63) is 97.2 Å². The van der Waals surface area contributed by atoms with Gasteiger partial charge < -0.3 is 14.2 Å². The van der Waals surface area contributed by atoms with Crippen molar-refractivity contribution in [2.45, 2.75) is 258 Å². The van der Waals surface area contributed by atoms with Gasteiger partial charge in [-0.25, -0.2) is 0 Å². The third-order valence-electron chi connectivity index (χ3n) is 11.6. The Morgan fingerprint density at radius 3 is 0.955 bits per heavy atom. The Labute approximate surface area is 413 Å². The molecule has 6 heteroatoms. The molecule has 382 valence electrons. The summed E-state index contributed by atoms with van der Waals surface area (Å²) in [7, 11) is 0. The summed E-state index contributed by atoms with van der Waals surface area (Å²) in [6.07, 6.45) is 72.5. The largest absolute Gasteiger partial charge is 0.462 e. The molecule has 1 atom stereocenters. The monoisotopic (exact) mass is 931 g/mol. The molecule has 0 fully saturated rings. The third kappa shape index (κ3) is 53.2. The molecule has 0 rings (SSSR count). The lowest BCUT2D eigenvalue weighted by Crippen LogP contribution is -2.30. The zero-order valence-electron chi connectivity index (χ0n) is 43.6. The Morgan fingerprint density at radius 1 is 0.313 bits per heavy atom. The molecule has 0 aromatic carbocycles. The van der Waals surface area contributed by atoms with Crippen LogP contribution in [0, 0.1) is 0 Å². The minimum atomic E-state index is -0.794. The van der Waals surface area contributed by atoms with Crippen LogP contribution in [0.2, 0.25) is 0 Å². The van der Waals surface area contributed by atoms with E-state index in [1.54, 1.807) is 0 Å². The van der Waals surface area contributed by atoms with Crippen molar-refractivity contribution in [1.29, 1.82) is 0 Å². The van der Waals surface area contributed by atoms with Crippen LogP contribution in [-0.2, 0) is 28.6 Å². The van der Waals surface area contributed by atoms with Crippen LogP contribution in [0.3, 0.4) is 0 Å². The lowest BCUT2D eigenvalue weighted by atomic mass is 10.0. The van der Waals surface area contributed by atoms with Crippen LogP contribution in [0.4, 0.5) is 0 Å². The molecule has 0 saturated heterocycles. The molecule has 0 radical (unpaired) electrons. The molecule has 0 aromatic rings. The molecule has 0 heterocycles. The molecular weight excluding hydrogens is 829 g/mol. The van der Waals surface area contributed by atoms with E-state index in [0.29, 0.717) is 19.3 Å². The first-order valence-corrected chi connectivity index (χ1v) is 27.7. The van der Waals surface area contributed by atoms with Crippen LogP contribution in [0.15, 0.2) is 97.2 Å². The van der Waals surface area contributed by atoms with E-state index in [1.807, 2.05) is 0 Å². The summed E-state index contributed by atoms with van der Waals surface area (Å²) in [5, 5.41) is 0. The van der Waals surface area contributed by atoms with E-state index < -0.39 is 6.10 Å². The van der Waals surface area contributed by atoms with Gasteiger partial charge in [-0.3, -0.25) is 14.4 Å². The molecule has 0 bridgehead atoms. The van der Waals surface area contributed by atoms with Gasteiger partial charge in [0.2, 0.25) is 0 Å². The van der Waals surface area contributed by atoms with Gasteiger partial charge in [-0.15, -0.1) is 0 Å². The highest BCUT2D eigenvalue weighted by atomic mass is 16.6. The van der Waals surface area contributed by atoms with Gasteiger partial charge in [-0.05, 0) is 96.3 Å². The first kappa shape index (κ1) is 63.3. The summed E-state index contributed by atoms with van der Waals surface area (Å²) in [5.74, 6) is -0.930. The zero-order valence-corrected chi connectivity index (χ0v) is 43.6. The van der Waals surface area contributed by atoms with Gasteiger partial charge in [0.25, 0.3) is 0 Å². The fourth-order valence-corrected chi connectivity index (χ4v) is 7.40. The maximum Gasteiger partial charge on any atom is 0.306 e. The van der Waals surface area contributed by atoms with Gasteiger partial charge >= 0.3 is 17.9 Å². The molecule has 0 aliphatic carbocycles. The fourth-order valence-electron chi connectivity index (χ4n) is 7.40. The minimum Gasteiger partial charge on any atom is -0.462 e. The highest BCUT2D eigenvalue weighted by Gasteiger charge is 2.19. The van der Waals surface area contributed by atoms with Gasteiger partial charge in [0.05, 0.1) is 0 Å². The van der Waals surface area contributed by atoms with E-state index in [4.69, 9.17) is 14.2 Å². The van der Waals surface area contributed by atoms with Gasteiger partial charge in [0, 0.05) is 19.3 Å². The second-order valence-corrected chi connectivity index (χ2v) is 18.1. The summed E-state index contributed by atoms with van der Waals surface area (Å²) >= 11 is 0. The summed E-state index contributed by atoms with van der Waals surface area (Å²) in [4.78, 5) is 38.1. The molecule has 0 N–H and O–H groups in total. The summed E-state index contributed by atoms with van der Waals surface area (Å²) in [6, 6.07) is 0. The molecule has 67 heavy (non-hydrogen) atoms. The fraction of sp³-hybridized carbons (Fsp3) is 0.689. The maximum absolute atomic E-state index is 12.8. The van der Waals surface area contributed by atoms with Crippen molar-refractivity contribution in [2.24, 2.45) is 0 Å². The number of esters is 3. The maximum atomic E-state index is 12.8. The van der Waals surface area contributed by atoms with E-state index in [2.05, 4.69) is 118 Å².